The molecule has 1 saturated heterocycles. The van der Waals surface area contributed by atoms with Crippen LogP contribution in [-0.4, -0.2) is 53.6 Å². The van der Waals surface area contributed by atoms with Crippen molar-refractivity contribution in [2.75, 3.05) is 32.7 Å². The summed E-state index contributed by atoms with van der Waals surface area (Å²) in [6.45, 7) is 4.69. The molecule has 1 aliphatic heterocycles. The normalized spacial score (nSPS) is 17.8. The number of hydrogen-bond donors (Lipinski definition) is 1. The van der Waals surface area contributed by atoms with Gasteiger partial charge in [0.15, 0.2) is 0 Å². The largest absolute Gasteiger partial charge is 0.480 e. The summed E-state index contributed by atoms with van der Waals surface area (Å²) in [5.41, 5.74) is 1.35. The minimum atomic E-state index is -0.735. The van der Waals surface area contributed by atoms with Crippen molar-refractivity contribution in [2.45, 2.75) is 6.54 Å². The van der Waals surface area contributed by atoms with E-state index >= 15 is 0 Å². The van der Waals surface area contributed by atoms with Crippen molar-refractivity contribution in [3.8, 4) is 0 Å². The van der Waals surface area contributed by atoms with Crippen molar-refractivity contribution in [2.24, 2.45) is 0 Å². The molecule has 4 nitrogen and oxygen atoms in total. The Morgan fingerprint density at radius 1 is 1.17 bits per heavy atom. The van der Waals surface area contributed by atoms with E-state index in [-0.39, 0.29) is 6.54 Å². The fraction of sp³-hybridized carbons (Fsp3) is 0.462. The van der Waals surface area contributed by atoms with Gasteiger partial charge in [0.1, 0.15) is 0 Å². The Hall–Kier alpha value is -0.660. The molecule has 0 saturated carbocycles. The van der Waals surface area contributed by atoms with Crippen molar-refractivity contribution in [3.05, 3.63) is 33.4 Å². The Morgan fingerprint density at radius 3 is 2.39 bits per heavy atom. The Kier molecular flexibility index (Phi) is 4.96. The van der Waals surface area contributed by atoms with Gasteiger partial charge in [-0.3, -0.25) is 14.6 Å². The second-order valence-electron chi connectivity index (χ2n) is 4.54. The van der Waals surface area contributed by atoms with Crippen LogP contribution in [0.15, 0.2) is 24.3 Å². The second kappa shape index (κ2) is 6.49. The number of rotatable bonds is 4. The van der Waals surface area contributed by atoms with Gasteiger partial charge in [0.2, 0.25) is 0 Å². The van der Waals surface area contributed by atoms with Crippen molar-refractivity contribution in [1.82, 2.24) is 9.80 Å². The highest BCUT2D eigenvalue weighted by Crippen LogP contribution is 2.15. The summed E-state index contributed by atoms with van der Waals surface area (Å²) < 4.78 is 1.29. The zero-order valence-electron chi connectivity index (χ0n) is 10.2. The number of halogens is 1. The van der Waals surface area contributed by atoms with E-state index in [1.54, 1.807) is 0 Å². The number of nitrogens with zero attached hydrogens (tertiary/aromatic N) is 2. The minimum Gasteiger partial charge on any atom is -0.480 e. The van der Waals surface area contributed by atoms with Gasteiger partial charge in [0, 0.05) is 36.3 Å². The number of carboxylic acids is 1. The average Bonchev–Trinajstić information content (AvgIpc) is 2.34. The predicted molar refractivity (Wildman–Crippen MR) is 78.5 cm³/mol. The molecule has 1 heterocycles. The van der Waals surface area contributed by atoms with Crippen molar-refractivity contribution >= 4 is 28.6 Å². The molecule has 1 fully saturated rings. The molecule has 0 bridgehead atoms. The molecule has 0 radical (unpaired) electrons. The molecule has 0 atom stereocenters. The van der Waals surface area contributed by atoms with E-state index < -0.39 is 5.97 Å². The van der Waals surface area contributed by atoms with Crippen LogP contribution in [0.4, 0.5) is 0 Å². The van der Waals surface area contributed by atoms with Gasteiger partial charge in [-0.05, 0) is 34.2 Å². The molecule has 2 rings (SSSR count). The molecular formula is C13H17IN2O2. The molecule has 0 aliphatic carbocycles. The van der Waals surface area contributed by atoms with Crippen molar-refractivity contribution in [1.29, 1.82) is 0 Å². The molecule has 5 heteroatoms. The molecule has 18 heavy (non-hydrogen) atoms. The molecular weight excluding hydrogens is 343 g/mol. The highest BCUT2D eigenvalue weighted by atomic mass is 127. The van der Waals surface area contributed by atoms with Gasteiger partial charge < -0.3 is 5.11 Å². The fourth-order valence-electron chi connectivity index (χ4n) is 2.16. The number of benzene rings is 1. The van der Waals surface area contributed by atoms with Crippen LogP contribution in [0.2, 0.25) is 0 Å². The Balaban J connectivity index is 1.84. The van der Waals surface area contributed by atoms with Crippen LogP contribution in [0, 0.1) is 3.57 Å². The third kappa shape index (κ3) is 3.93. The van der Waals surface area contributed by atoms with E-state index in [4.69, 9.17) is 5.11 Å². The maximum atomic E-state index is 10.6. The summed E-state index contributed by atoms with van der Waals surface area (Å²) in [5.74, 6) is -0.735. The highest BCUT2D eigenvalue weighted by Gasteiger charge is 2.18. The molecule has 0 unspecified atom stereocenters. The van der Waals surface area contributed by atoms with E-state index in [9.17, 15) is 4.79 Å². The first-order chi connectivity index (χ1) is 8.65. The zero-order chi connectivity index (χ0) is 13.0. The number of carboxylic acid groups (broad SMARTS) is 1. The number of piperazine rings is 1. The van der Waals surface area contributed by atoms with Crippen LogP contribution in [0.5, 0.6) is 0 Å². The van der Waals surface area contributed by atoms with Crippen LogP contribution < -0.4 is 0 Å². The summed E-state index contributed by atoms with van der Waals surface area (Å²) in [5, 5.41) is 8.75. The molecule has 1 N–H and O–H groups in total. The monoisotopic (exact) mass is 360 g/mol. The summed E-state index contributed by atoms with van der Waals surface area (Å²) in [6, 6.07) is 8.40. The van der Waals surface area contributed by atoms with Crippen molar-refractivity contribution < 1.29 is 9.90 Å². The molecule has 1 aromatic rings. The van der Waals surface area contributed by atoms with Gasteiger partial charge in [-0.1, -0.05) is 18.2 Å². The van der Waals surface area contributed by atoms with Crippen LogP contribution in [0.3, 0.4) is 0 Å². The standard InChI is InChI=1S/C13H17IN2O2/c14-12-4-2-1-3-11(12)9-15-5-7-16(8-6-15)10-13(17)18/h1-4H,5-10H2,(H,17,18). The quantitative estimate of drug-likeness (QED) is 0.827. The first kappa shape index (κ1) is 13.8. The lowest BCUT2D eigenvalue weighted by molar-refractivity contribution is -0.138. The van der Waals surface area contributed by atoms with Crippen LogP contribution in [0.25, 0.3) is 0 Å². The summed E-state index contributed by atoms with van der Waals surface area (Å²) >= 11 is 2.36. The van der Waals surface area contributed by atoms with E-state index in [1.165, 1.54) is 9.13 Å². The summed E-state index contributed by atoms with van der Waals surface area (Å²) in [7, 11) is 0. The molecule has 0 amide bonds. The number of hydrogen-bond acceptors (Lipinski definition) is 3. The third-order valence-corrected chi connectivity index (χ3v) is 4.23. The van der Waals surface area contributed by atoms with E-state index in [0.717, 1.165) is 32.7 Å². The van der Waals surface area contributed by atoms with Crippen LogP contribution in [-0.2, 0) is 11.3 Å². The molecule has 0 aromatic heterocycles. The highest BCUT2D eigenvalue weighted by molar-refractivity contribution is 14.1. The second-order valence-corrected chi connectivity index (χ2v) is 5.70. The van der Waals surface area contributed by atoms with Gasteiger partial charge in [0.05, 0.1) is 6.54 Å². The van der Waals surface area contributed by atoms with E-state index in [0.29, 0.717) is 0 Å². The number of aliphatic carboxylic acids is 1. The predicted octanol–water partition coefficient (Wildman–Crippen LogP) is 1.49. The molecule has 1 aromatic carbocycles. The Labute approximate surface area is 121 Å². The fourth-order valence-corrected chi connectivity index (χ4v) is 2.72. The molecule has 1 aliphatic rings. The van der Waals surface area contributed by atoms with Gasteiger partial charge >= 0.3 is 5.97 Å². The topological polar surface area (TPSA) is 43.8 Å². The SMILES string of the molecule is O=C(O)CN1CCN(Cc2ccccc2I)CC1. The maximum Gasteiger partial charge on any atom is 0.317 e. The van der Waals surface area contributed by atoms with Gasteiger partial charge in [-0.2, -0.15) is 0 Å². The molecule has 98 valence electrons. The lowest BCUT2D eigenvalue weighted by Gasteiger charge is -2.33. The van der Waals surface area contributed by atoms with Crippen molar-refractivity contribution in [3.63, 3.8) is 0 Å². The minimum absolute atomic E-state index is 0.163. The zero-order valence-corrected chi connectivity index (χ0v) is 12.3. The lowest BCUT2D eigenvalue weighted by atomic mass is 10.2. The molecule has 0 spiro atoms. The first-order valence-corrected chi connectivity index (χ1v) is 7.13. The van der Waals surface area contributed by atoms with Crippen LogP contribution >= 0.6 is 22.6 Å². The summed E-state index contributed by atoms with van der Waals surface area (Å²) in [4.78, 5) is 15.0. The first-order valence-electron chi connectivity index (χ1n) is 6.05. The average molecular weight is 360 g/mol. The van der Waals surface area contributed by atoms with Gasteiger partial charge in [-0.15, -0.1) is 0 Å². The third-order valence-electron chi connectivity index (χ3n) is 3.18. The maximum absolute atomic E-state index is 10.6. The van der Waals surface area contributed by atoms with Gasteiger partial charge in [-0.25, -0.2) is 0 Å². The van der Waals surface area contributed by atoms with E-state index in [2.05, 4.69) is 51.8 Å². The van der Waals surface area contributed by atoms with Gasteiger partial charge in [0.25, 0.3) is 0 Å². The van der Waals surface area contributed by atoms with Crippen LogP contribution in [0.1, 0.15) is 5.56 Å². The Morgan fingerprint density at radius 2 is 1.78 bits per heavy atom. The smallest absolute Gasteiger partial charge is 0.317 e. The summed E-state index contributed by atoms with van der Waals surface area (Å²) in [6.07, 6.45) is 0. The Bertz CT molecular complexity index is 417. The lowest BCUT2D eigenvalue weighted by Crippen LogP contribution is -2.47. The number of carbonyl (C=O) groups is 1. The van der Waals surface area contributed by atoms with E-state index in [1.807, 2.05) is 4.90 Å².